The van der Waals surface area contributed by atoms with Gasteiger partial charge in [-0.05, 0) is 0 Å². The average molecular weight is 450 g/mol. The van der Waals surface area contributed by atoms with E-state index in [9.17, 15) is 0 Å². The molecular formula is C18H29Cl2NSiZr. The fraction of sp³-hybridized carbons (Fsp3) is 0.556. The van der Waals surface area contributed by atoms with Crippen molar-refractivity contribution in [3.05, 3.63) is 36.8 Å². The second-order valence-corrected chi connectivity index (χ2v) is 13.6. The molecule has 0 aliphatic heterocycles. The SMILES string of the molecule is CC1=C(C)C(C)([SiH](C)C)[C]([Zr+2][c]2[nH]c(C)c(C)c2C)=C1C.[Cl-].[Cl-]. The van der Waals surface area contributed by atoms with Crippen molar-refractivity contribution < 1.29 is 48.0 Å². The number of nitrogens with one attached hydrogen (secondary N) is 1. The molecule has 2 rings (SSSR count). The molecule has 0 amide bonds. The van der Waals surface area contributed by atoms with Gasteiger partial charge in [-0.25, -0.2) is 0 Å². The minimum atomic E-state index is -0.780. The van der Waals surface area contributed by atoms with Crippen molar-refractivity contribution in [3.63, 3.8) is 0 Å². The van der Waals surface area contributed by atoms with Crippen LogP contribution in [0.5, 0.6) is 0 Å². The molecule has 1 unspecified atom stereocenters. The van der Waals surface area contributed by atoms with E-state index >= 15 is 0 Å². The second kappa shape index (κ2) is 8.21. The molecule has 0 radical (unpaired) electrons. The normalized spacial score (nSPS) is 20.6. The van der Waals surface area contributed by atoms with E-state index in [1.54, 1.807) is 20.1 Å². The van der Waals surface area contributed by atoms with Crippen LogP contribution < -0.4 is 28.2 Å². The first-order chi connectivity index (χ1) is 9.62. The number of aromatic amines is 1. The van der Waals surface area contributed by atoms with Crippen molar-refractivity contribution in [1.82, 2.24) is 4.98 Å². The zero-order chi connectivity index (χ0) is 16.1. The van der Waals surface area contributed by atoms with Gasteiger partial charge in [-0.15, -0.1) is 0 Å². The zero-order valence-corrected chi connectivity index (χ0v) is 21.0. The Kier molecular flexibility index (Phi) is 8.37. The van der Waals surface area contributed by atoms with Crippen LogP contribution in [0.25, 0.3) is 0 Å². The fourth-order valence-corrected chi connectivity index (χ4v) is 12.1. The van der Waals surface area contributed by atoms with Crippen LogP contribution in [0.1, 0.15) is 44.5 Å². The summed E-state index contributed by atoms with van der Waals surface area (Å²) in [4.78, 5) is 3.70. The van der Waals surface area contributed by atoms with E-state index in [1.807, 2.05) is 3.28 Å². The Morgan fingerprint density at radius 3 is 1.78 bits per heavy atom. The van der Waals surface area contributed by atoms with Gasteiger partial charge in [0.25, 0.3) is 0 Å². The van der Waals surface area contributed by atoms with Crippen molar-refractivity contribution in [2.45, 2.75) is 66.6 Å². The molecule has 5 heteroatoms. The van der Waals surface area contributed by atoms with Crippen LogP contribution in [-0.2, 0) is 23.2 Å². The van der Waals surface area contributed by atoms with E-state index in [0.717, 1.165) is 0 Å². The first-order valence-electron chi connectivity index (χ1n) is 7.94. The average Bonchev–Trinajstić information content (AvgIpc) is 2.76. The number of hydrogen-bond acceptors (Lipinski definition) is 0. The van der Waals surface area contributed by atoms with E-state index in [4.69, 9.17) is 0 Å². The molecule has 1 heterocycles. The number of rotatable bonds is 3. The summed E-state index contributed by atoms with van der Waals surface area (Å²) in [6.45, 7) is 21.4. The summed E-state index contributed by atoms with van der Waals surface area (Å²) >= 11 is -0.739. The van der Waals surface area contributed by atoms with Crippen LogP contribution in [0, 0.1) is 20.8 Å². The van der Waals surface area contributed by atoms with E-state index < -0.39 is 32.0 Å². The number of aromatic nitrogens is 1. The topological polar surface area (TPSA) is 15.8 Å². The predicted octanol–water partition coefficient (Wildman–Crippen LogP) is -1.47. The molecule has 0 saturated heterocycles. The summed E-state index contributed by atoms with van der Waals surface area (Å²) in [7, 11) is -0.780. The van der Waals surface area contributed by atoms with Gasteiger partial charge in [-0.3, -0.25) is 0 Å². The molecular weight excluding hydrogens is 420 g/mol. The van der Waals surface area contributed by atoms with E-state index in [2.05, 4.69) is 66.5 Å². The van der Waals surface area contributed by atoms with Crippen LogP contribution in [0.15, 0.2) is 20.0 Å². The van der Waals surface area contributed by atoms with Gasteiger partial charge >= 0.3 is 144 Å². The van der Waals surface area contributed by atoms with Gasteiger partial charge in [0.2, 0.25) is 0 Å². The van der Waals surface area contributed by atoms with Crippen molar-refractivity contribution in [2.75, 3.05) is 0 Å². The standard InChI is InChI=1S/C11H19Si.C7H10N.2ClH.Zr/c1-8-7-11(4,12(5)6)10(3)9(8)2;1-5-4-8-7(3)6(5)2;;;/h12H,1-6H3;8H,1-3H3;2*1H;/q;;;;+2/p-2. The van der Waals surface area contributed by atoms with E-state index in [-0.39, 0.29) is 24.8 Å². The van der Waals surface area contributed by atoms with Crippen LogP contribution in [-0.4, -0.2) is 13.8 Å². The fourth-order valence-electron chi connectivity index (χ4n) is 3.47. The summed E-state index contributed by atoms with van der Waals surface area (Å²) in [5.74, 6) is 0. The molecule has 0 fully saturated rings. The maximum absolute atomic E-state index is 3.70. The largest absolute Gasteiger partial charge is 1.00 e. The minimum Gasteiger partial charge on any atom is -1.00 e. The zero-order valence-electron chi connectivity index (χ0n) is 15.8. The van der Waals surface area contributed by atoms with Gasteiger partial charge in [0, 0.05) is 0 Å². The molecule has 1 aliphatic rings. The molecule has 0 saturated carbocycles. The Labute approximate surface area is 167 Å². The molecule has 0 bridgehead atoms. The Morgan fingerprint density at radius 1 is 0.870 bits per heavy atom. The van der Waals surface area contributed by atoms with Gasteiger partial charge in [0.15, 0.2) is 0 Å². The second-order valence-electron chi connectivity index (χ2n) is 7.11. The Bertz CT molecular complexity index is 658. The molecule has 23 heavy (non-hydrogen) atoms. The monoisotopic (exact) mass is 447 g/mol. The Hall–Kier alpha value is 0.440. The first-order valence-corrected chi connectivity index (χ1v) is 13.3. The van der Waals surface area contributed by atoms with E-state index in [0.29, 0.717) is 5.04 Å². The summed E-state index contributed by atoms with van der Waals surface area (Å²) < 4.78 is 3.43. The summed E-state index contributed by atoms with van der Waals surface area (Å²) in [6, 6.07) is 0. The summed E-state index contributed by atoms with van der Waals surface area (Å²) in [6.07, 6.45) is 0. The number of allylic oxidation sites excluding steroid dienone is 4. The quantitative estimate of drug-likeness (QED) is 0.543. The van der Waals surface area contributed by atoms with Gasteiger partial charge in [0.1, 0.15) is 0 Å². The van der Waals surface area contributed by atoms with Crippen LogP contribution in [0.4, 0.5) is 0 Å². The molecule has 1 aromatic heterocycles. The van der Waals surface area contributed by atoms with Gasteiger partial charge in [-0.1, -0.05) is 0 Å². The number of aryl methyl sites for hydroxylation is 1. The molecule has 1 N–H and O–H groups in total. The van der Waals surface area contributed by atoms with Gasteiger partial charge in [0.05, 0.1) is 0 Å². The number of hydrogen-bond donors (Lipinski definition) is 1. The molecule has 1 atom stereocenters. The summed E-state index contributed by atoms with van der Waals surface area (Å²) in [5, 5.41) is 0.416. The first kappa shape index (κ1) is 23.4. The third kappa shape index (κ3) is 3.68. The molecule has 128 valence electrons. The van der Waals surface area contributed by atoms with Crippen molar-refractivity contribution in [2.24, 2.45) is 0 Å². The molecule has 1 nitrogen and oxygen atoms in total. The summed E-state index contributed by atoms with van der Waals surface area (Å²) in [5.41, 5.74) is 9.21. The molecule has 0 aromatic carbocycles. The number of H-pyrrole nitrogens is 1. The van der Waals surface area contributed by atoms with Gasteiger partial charge in [-0.2, -0.15) is 0 Å². The smallest absolute Gasteiger partial charge is 1.00 e. The third-order valence-electron chi connectivity index (χ3n) is 6.02. The third-order valence-corrected chi connectivity index (χ3v) is 14.4. The van der Waals surface area contributed by atoms with Crippen LogP contribution in [0.3, 0.4) is 0 Å². The van der Waals surface area contributed by atoms with Crippen molar-refractivity contribution in [3.8, 4) is 0 Å². The number of halogens is 2. The molecule has 1 aromatic rings. The van der Waals surface area contributed by atoms with Crippen LogP contribution in [0.2, 0.25) is 18.1 Å². The van der Waals surface area contributed by atoms with Gasteiger partial charge < -0.3 is 24.8 Å². The predicted molar refractivity (Wildman–Crippen MR) is 93.0 cm³/mol. The van der Waals surface area contributed by atoms with Crippen molar-refractivity contribution >= 4 is 12.2 Å². The Morgan fingerprint density at radius 2 is 1.39 bits per heavy atom. The maximum atomic E-state index is 3.70. The van der Waals surface area contributed by atoms with Crippen molar-refractivity contribution in [1.29, 1.82) is 0 Å². The molecule has 1 aliphatic carbocycles. The molecule has 0 spiro atoms. The van der Waals surface area contributed by atoms with Crippen LogP contribution >= 0.6 is 0 Å². The minimum absolute atomic E-state index is 0. The maximum Gasteiger partial charge on any atom is -1.00 e. The van der Waals surface area contributed by atoms with E-state index in [1.165, 1.54) is 16.8 Å². The Balaban J connectivity index is 0.00000242.